The van der Waals surface area contributed by atoms with Crippen LogP contribution in [0.25, 0.3) is 17.1 Å². The van der Waals surface area contributed by atoms with E-state index in [9.17, 15) is 0 Å². The Morgan fingerprint density at radius 1 is 1.07 bits per heavy atom. The molecule has 0 radical (unpaired) electrons. The molecule has 7 heteroatoms. The highest BCUT2D eigenvalue weighted by molar-refractivity contribution is 7.99. The molecule has 0 saturated carbocycles. The van der Waals surface area contributed by atoms with E-state index in [0.717, 1.165) is 22.2 Å². The van der Waals surface area contributed by atoms with Gasteiger partial charge in [-0.05, 0) is 62.2 Å². The number of hydrogen-bond acceptors (Lipinski definition) is 6. The predicted molar refractivity (Wildman–Crippen MR) is 114 cm³/mol. The standard InChI is InChI=1S/C22H22N4O2S/c1-14-6-5-7-19(15(14)2)26-13-12-23-22(26)29-16(3)20-24-25-21(28-20)17-8-10-18(27-4)11-9-17/h5-13,16H,1-4H3. The summed E-state index contributed by atoms with van der Waals surface area (Å²) < 4.78 is 13.2. The van der Waals surface area contributed by atoms with Crippen molar-refractivity contribution in [3.63, 3.8) is 0 Å². The molecule has 0 saturated heterocycles. The summed E-state index contributed by atoms with van der Waals surface area (Å²) in [6.45, 7) is 6.28. The maximum absolute atomic E-state index is 5.92. The zero-order valence-corrected chi connectivity index (χ0v) is 17.6. The smallest absolute Gasteiger partial charge is 0.247 e. The number of aromatic nitrogens is 4. The number of aryl methyl sites for hydroxylation is 1. The Morgan fingerprint density at radius 2 is 1.86 bits per heavy atom. The Morgan fingerprint density at radius 3 is 2.62 bits per heavy atom. The van der Waals surface area contributed by atoms with Crippen molar-refractivity contribution in [2.45, 2.75) is 31.2 Å². The average molecular weight is 407 g/mol. The molecule has 0 bridgehead atoms. The Balaban J connectivity index is 1.55. The molecule has 2 aromatic carbocycles. The third-order valence-corrected chi connectivity index (χ3v) is 5.92. The maximum atomic E-state index is 5.92. The molecule has 0 amide bonds. The van der Waals surface area contributed by atoms with Gasteiger partial charge in [0.1, 0.15) is 5.75 Å². The van der Waals surface area contributed by atoms with Crippen molar-refractivity contribution in [1.29, 1.82) is 0 Å². The fraction of sp³-hybridized carbons (Fsp3) is 0.227. The van der Waals surface area contributed by atoms with Crippen molar-refractivity contribution < 1.29 is 9.15 Å². The van der Waals surface area contributed by atoms with E-state index in [0.29, 0.717) is 11.8 Å². The van der Waals surface area contributed by atoms with Crippen LogP contribution < -0.4 is 4.74 Å². The summed E-state index contributed by atoms with van der Waals surface area (Å²) >= 11 is 1.59. The number of rotatable bonds is 6. The molecule has 4 rings (SSSR count). The van der Waals surface area contributed by atoms with Gasteiger partial charge < -0.3 is 9.15 Å². The van der Waals surface area contributed by atoms with Crippen molar-refractivity contribution in [2.24, 2.45) is 0 Å². The maximum Gasteiger partial charge on any atom is 0.247 e. The van der Waals surface area contributed by atoms with Gasteiger partial charge in [-0.25, -0.2) is 4.98 Å². The van der Waals surface area contributed by atoms with Crippen LogP contribution in [0.15, 0.2) is 64.4 Å². The third-order valence-electron chi connectivity index (χ3n) is 4.85. The number of ether oxygens (including phenoxy) is 1. The number of benzene rings is 2. The minimum Gasteiger partial charge on any atom is -0.497 e. The Bertz CT molecular complexity index is 1120. The Hall–Kier alpha value is -3.06. The van der Waals surface area contributed by atoms with Crippen molar-refractivity contribution >= 4 is 11.8 Å². The highest BCUT2D eigenvalue weighted by atomic mass is 32.2. The van der Waals surface area contributed by atoms with Crippen LogP contribution in [0, 0.1) is 13.8 Å². The summed E-state index contributed by atoms with van der Waals surface area (Å²) in [6, 6.07) is 13.8. The van der Waals surface area contributed by atoms with Crippen LogP contribution in [-0.4, -0.2) is 26.9 Å². The molecular formula is C22H22N4O2S. The SMILES string of the molecule is COc1ccc(-c2nnc(C(C)Sc3nccn3-c3cccc(C)c3C)o2)cc1. The van der Waals surface area contributed by atoms with Crippen LogP contribution in [0.4, 0.5) is 0 Å². The van der Waals surface area contributed by atoms with Crippen molar-refractivity contribution in [3.05, 3.63) is 71.9 Å². The number of imidazole rings is 1. The van der Waals surface area contributed by atoms with E-state index in [1.54, 1.807) is 18.9 Å². The van der Waals surface area contributed by atoms with E-state index in [1.165, 1.54) is 11.1 Å². The molecule has 0 aliphatic carbocycles. The summed E-state index contributed by atoms with van der Waals surface area (Å²) in [5.74, 6) is 1.85. The van der Waals surface area contributed by atoms with E-state index in [-0.39, 0.29) is 5.25 Å². The summed E-state index contributed by atoms with van der Waals surface area (Å²) in [4.78, 5) is 4.54. The van der Waals surface area contributed by atoms with Crippen LogP contribution in [0.3, 0.4) is 0 Å². The van der Waals surface area contributed by atoms with E-state index < -0.39 is 0 Å². The fourth-order valence-corrected chi connectivity index (χ4v) is 3.92. The van der Waals surface area contributed by atoms with Crippen molar-refractivity contribution in [2.75, 3.05) is 7.11 Å². The molecule has 29 heavy (non-hydrogen) atoms. The number of methoxy groups -OCH3 is 1. The summed E-state index contributed by atoms with van der Waals surface area (Å²) in [5, 5.41) is 9.29. The Kier molecular flexibility index (Phi) is 5.40. The molecule has 0 N–H and O–H groups in total. The fourth-order valence-electron chi connectivity index (χ4n) is 3.01. The van der Waals surface area contributed by atoms with Crippen LogP contribution in [0.2, 0.25) is 0 Å². The second kappa shape index (κ2) is 8.13. The number of thioether (sulfide) groups is 1. The largest absolute Gasteiger partial charge is 0.497 e. The molecule has 4 aromatic rings. The molecule has 148 valence electrons. The van der Waals surface area contributed by atoms with Crippen LogP contribution in [0.1, 0.15) is 29.2 Å². The Labute approximate surface area is 174 Å². The van der Waals surface area contributed by atoms with E-state index in [4.69, 9.17) is 9.15 Å². The summed E-state index contributed by atoms with van der Waals surface area (Å²) in [5.41, 5.74) is 4.47. The van der Waals surface area contributed by atoms with Crippen molar-refractivity contribution in [1.82, 2.24) is 19.7 Å². The van der Waals surface area contributed by atoms with Gasteiger partial charge in [-0.2, -0.15) is 0 Å². The van der Waals surface area contributed by atoms with Crippen LogP contribution in [0.5, 0.6) is 5.75 Å². The minimum atomic E-state index is -0.0410. The molecule has 2 aromatic heterocycles. The highest BCUT2D eigenvalue weighted by Gasteiger charge is 2.19. The molecule has 0 aliphatic rings. The first-order valence-electron chi connectivity index (χ1n) is 9.31. The normalized spacial score (nSPS) is 12.1. The third kappa shape index (κ3) is 3.91. The predicted octanol–water partition coefficient (Wildman–Crippen LogP) is 5.40. The number of nitrogens with zero attached hydrogens (tertiary/aromatic N) is 4. The van der Waals surface area contributed by atoms with Gasteiger partial charge in [0.2, 0.25) is 11.8 Å². The number of hydrogen-bond donors (Lipinski definition) is 0. The topological polar surface area (TPSA) is 66.0 Å². The average Bonchev–Trinajstić information content (AvgIpc) is 3.40. The zero-order valence-electron chi connectivity index (χ0n) is 16.8. The highest BCUT2D eigenvalue weighted by Crippen LogP contribution is 2.36. The van der Waals surface area contributed by atoms with Crippen molar-refractivity contribution in [3.8, 4) is 22.9 Å². The lowest BCUT2D eigenvalue weighted by molar-refractivity contribution is 0.415. The second-order valence-electron chi connectivity index (χ2n) is 6.73. The first kappa shape index (κ1) is 19.3. The molecule has 1 unspecified atom stereocenters. The lowest BCUT2D eigenvalue weighted by Gasteiger charge is -2.13. The van der Waals surface area contributed by atoms with Gasteiger partial charge in [0.25, 0.3) is 0 Å². The molecule has 0 spiro atoms. The van der Waals surface area contributed by atoms with E-state index in [1.807, 2.05) is 43.6 Å². The van der Waals surface area contributed by atoms with Gasteiger partial charge in [-0.1, -0.05) is 23.9 Å². The first-order chi connectivity index (χ1) is 14.1. The monoisotopic (exact) mass is 406 g/mol. The first-order valence-corrected chi connectivity index (χ1v) is 10.2. The molecule has 6 nitrogen and oxygen atoms in total. The second-order valence-corrected chi connectivity index (χ2v) is 8.04. The van der Waals surface area contributed by atoms with Crippen LogP contribution in [-0.2, 0) is 0 Å². The van der Waals surface area contributed by atoms with Gasteiger partial charge in [0.15, 0.2) is 5.16 Å². The van der Waals surface area contributed by atoms with Gasteiger partial charge in [-0.15, -0.1) is 10.2 Å². The lowest BCUT2D eigenvalue weighted by atomic mass is 10.1. The molecule has 2 heterocycles. The molecular weight excluding hydrogens is 384 g/mol. The quantitative estimate of drug-likeness (QED) is 0.399. The van der Waals surface area contributed by atoms with E-state index in [2.05, 4.69) is 51.8 Å². The molecule has 0 aliphatic heterocycles. The summed E-state index contributed by atoms with van der Waals surface area (Å²) in [7, 11) is 1.64. The zero-order chi connectivity index (χ0) is 20.4. The summed E-state index contributed by atoms with van der Waals surface area (Å²) in [6.07, 6.45) is 3.79. The van der Waals surface area contributed by atoms with Gasteiger partial charge in [-0.3, -0.25) is 4.57 Å². The molecule has 0 fully saturated rings. The van der Waals surface area contributed by atoms with E-state index >= 15 is 0 Å². The van der Waals surface area contributed by atoms with Gasteiger partial charge >= 0.3 is 0 Å². The minimum absolute atomic E-state index is 0.0410. The lowest BCUT2D eigenvalue weighted by Crippen LogP contribution is -2.00. The van der Waals surface area contributed by atoms with Crippen LogP contribution >= 0.6 is 11.8 Å². The van der Waals surface area contributed by atoms with Gasteiger partial charge in [0.05, 0.1) is 18.0 Å². The molecule has 1 atom stereocenters. The van der Waals surface area contributed by atoms with Gasteiger partial charge in [0, 0.05) is 18.0 Å².